The van der Waals surface area contributed by atoms with Crippen molar-refractivity contribution in [1.82, 2.24) is 19.9 Å². The number of anilines is 1. The SMILES string of the molecule is O=C(Cc1ccccc1)NCCCNc1cc(-c2ccccc2Cl)nc2c(Br)cnn12. The summed E-state index contributed by atoms with van der Waals surface area (Å²) in [7, 11) is 0. The molecule has 0 aliphatic rings. The number of nitrogens with zero attached hydrogens (tertiary/aromatic N) is 3. The van der Waals surface area contributed by atoms with Crippen LogP contribution in [0.3, 0.4) is 0 Å². The van der Waals surface area contributed by atoms with Crippen LogP contribution in [-0.2, 0) is 11.2 Å². The molecule has 0 saturated carbocycles. The maximum atomic E-state index is 12.1. The van der Waals surface area contributed by atoms with E-state index in [1.54, 1.807) is 10.7 Å². The van der Waals surface area contributed by atoms with Gasteiger partial charge in [0.15, 0.2) is 5.65 Å². The van der Waals surface area contributed by atoms with Gasteiger partial charge < -0.3 is 10.6 Å². The number of rotatable bonds is 8. The standard InChI is InChI=1S/C23H21BrClN5O/c24-18-15-28-30-21(14-20(29-23(18)30)17-9-4-5-10-19(17)25)26-11-6-12-27-22(31)13-16-7-2-1-3-8-16/h1-5,7-10,14-15,26H,6,11-13H2,(H,27,31). The summed E-state index contributed by atoms with van der Waals surface area (Å²) in [6.45, 7) is 1.26. The largest absolute Gasteiger partial charge is 0.370 e. The molecule has 0 fully saturated rings. The van der Waals surface area contributed by atoms with Crippen LogP contribution in [0.4, 0.5) is 5.82 Å². The lowest BCUT2D eigenvalue weighted by atomic mass is 10.1. The van der Waals surface area contributed by atoms with E-state index in [4.69, 9.17) is 16.6 Å². The molecule has 0 radical (unpaired) electrons. The van der Waals surface area contributed by atoms with E-state index in [1.165, 1.54) is 0 Å². The molecule has 4 aromatic rings. The number of fused-ring (bicyclic) bond motifs is 1. The van der Waals surface area contributed by atoms with Crippen LogP contribution in [-0.4, -0.2) is 33.6 Å². The highest BCUT2D eigenvalue weighted by molar-refractivity contribution is 9.10. The number of carbonyl (C=O) groups excluding carboxylic acids is 1. The van der Waals surface area contributed by atoms with Gasteiger partial charge in [0.05, 0.1) is 22.8 Å². The molecule has 4 rings (SSSR count). The predicted molar refractivity (Wildman–Crippen MR) is 127 cm³/mol. The number of nitrogens with one attached hydrogen (secondary N) is 2. The topological polar surface area (TPSA) is 71.3 Å². The number of halogens is 2. The van der Waals surface area contributed by atoms with Gasteiger partial charge in [0.1, 0.15) is 5.82 Å². The molecule has 0 spiro atoms. The lowest BCUT2D eigenvalue weighted by Crippen LogP contribution is -2.27. The molecule has 0 bridgehead atoms. The molecule has 0 unspecified atom stereocenters. The van der Waals surface area contributed by atoms with Gasteiger partial charge in [0, 0.05) is 29.7 Å². The van der Waals surface area contributed by atoms with Crippen LogP contribution in [0.5, 0.6) is 0 Å². The first kappa shape index (κ1) is 21.3. The molecule has 0 atom stereocenters. The van der Waals surface area contributed by atoms with Crippen molar-refractivity contribution < 1.29 is 4.79 Å². The summed E-state index contributed by atoms with van der Waals surface area (Å²) in [4.78, 5) is 16.8. The van der Waals surface area contributed by atoms with E-state index >= 15 is 0 Å². The van der Waals surface area contributed by atoms with Gasteiger partial charge in [-0.3, -0.25) is 4.79 Å². The number of benzene rings is 2. The van der Waals surface area contributed by atoms with Crippen LogP contribution in [0, 0.1) is 0 Å². The first-order valence-electron chi connectivity index (χ1n) is 9.95. The van der Waals surface area contributed by atoms with Crippen molar-refractivity contribution in [2.45, 2.75) is 12.8 Å². The van der Waals surface area contributed by atoms with Gasteiger partial charge in [-0.05, 0) is 34.0 Å². The molecule has 158 valence electrons. The third-order valence-corrected chi connectivity index (χ3v) is 5.66. The summed E-state index contributed by atoms with van der Waals surface area (Å²) < 4.78 is 2.55. The molecule has 6 nitrogen and oxygen atoms in total. The maximum absolute atomic E-state index is 12.1. The minimum absolute atomic E-state index is 0.0227. The zero-order valence-corrected chi connectivity index (χ0v) is 19.0. The monoisotopic (exact) mass is 497 g/mol. The molecule has 0 saturated heterocycles. The lowest BCUT2D eigenvalue weighted by Gasteiger charge is -2.12. The Balaban J connectivity index is 1.39. The van der Waals surface area contributed by atoms with E-state index in [1.807, 2.05) is 60.7 Å². The van der Waals surface area contributed by atoms with Crippen LogP contribution in [0.25, 0.3) is 16.9 Å². The molecular weight excluding hydrogens is 478 g/mol. The predicted octanol–water partition coefficient (Wildman–Crippen LogP) is 4.97. The van der Waals surface area contributed by atoms with Gasteiger partial charge in [0.25, 0.3) is 0 Å². The lowest BCUT2D eigenvalue weighted by molar-refractivity contribution is -0.120. The molecule has 2 aromatic carbocycles. The number of carbonyl (C=O) groups is 1. The van der Waals surface area contributed by atoms with Crippen molar-refractivity contribution in [3.63, 3.8) is 0 Å². The van der Waals surface area contributed by atoms with Crippen LogP contribution in [0.1, 0.15) is 12.0 Å². The number of hydrogen-bond donors (Lipinski definition) is 2. The van der Waals surface area contributed by atoms with Gasteiger partial charge in [-0.1, -0.05) is 60.1 Å². The Kier molecular flexibility index (Phi) is 6.84. The quantitative estimate of drug-likeness (QED) is 0.336. The summed E-state index contributed by atoms with van der Waals surface area (Å²) in [6.07, 6.45) is 2.88. The van der Waals surface area contributed by atoms with E-state index in [2.05, 4.69) is 31.7 Å². The average molecular weight is 499 g/mol. The normalized spacial score (nSPS) is 10.9. The van der Waals surface area contributed by atoms with Crippen molar-refractivity contribution in [1.29, 1.82) is 0 Å². The molecule has 31 heavy (non-hydrogen) atoms. The van der Waals surface area contributed by atoms with Gasteiger partial charge in [0.2, 0.25) is 5.91 Å². The molecule has 2 aromatic heterocycles. The summed E-state index contributed by atoms with van der Waals surface area (Å²) in [5, 5.41) is 11.4. The van der Waals surface area contributed by atoms with Gasteiger partial charge >= 0.3 is 0 Å². The second-order valence-corrected chi connectivity index (χ2v) is 8.29. The zero-order chi connectivity index (χ0) is 21.6. The Morgan fingerprint density at radius 2 is 1.84 bits per heavy atom. The molecule has 0 aliphatic heterocycles. The van der Waals surface area contributed by atoms with Crippen LogP contribution >= 0.6 is 27.5 Å². The van der Waals surface area contributed by atoms with Crippen molar-refractivity contribution in [2.75, 3.05) is 18.4 Å². The third-order valence-electron chi connectivity index (χ3n) is 4.77. The van der Waals surface area contributed by atoms with Crippen molar-refractivity contribution in [3.8, 4) is 11.3 Å². The molecule has 0 aliphatic carbocycles. The number of aromatic nitrogens is 3. The van der Waals surface area contributed by atoms with E-state index in [-0.39, 0.29) is 5.91 Å². The Morgan fingerprint density at radius 1 is 1.06 bits per heavy atom. The van der Waals surface area contributed by atoms with E-state index < -0.39 is 0 Å². The highest BCUT2D eigenvalue weighted by atomic mass is 79.9. The Labute approximate surface area is 193 Å². The first-order chi connectivity index (χ1) is 15.1. The summed E-state index contributed by atoms with van der Waals surface area (Å²) in [5.41, 5.74) is 3.33. The molecule has 2 N–H and O–H groups in total. The smallest absolute Gasteiger partial charge is 0.224 e. The molecule has 2 heterocycles. The van der Waals surface area contributed by atoms with Crippen molar-refractivity contribution in [2.24, 2.45) is 0 Å². The maximum Gasteiger partial charge on any atom is 0.224 e. The van der Waals surface area contributed by atoms with Crippen LogP contribution in [0.15, 0.2) is 71.3 Å². The molecule has 1 amide bonds. The van der Waals surface area contributed by atoms with E-state index in [0.717, 1.165) is 33.5 Å². The van der Waals surface area contributed by atoms with E-state index in [0.29, 0.717) is 30.2 Å². The Morgan fingerprint density at radius 3 is 2.65 bits per heavy atom. The van der Waals surface area contributed by atoms with Gasteiger partial charge in [-0.25, -0.2) is 4.98 Å². The minimum Gasteiger partial charge on any atom is -0.370 e. The number of hydrogen-bond acceptors (Lipinski definition) is 4. The van der Waals surface area contributed by atoms with Crippen LogP contribution < -0.4 is 10.6 Å². The first-order valence-corrected chi connectivity index (χ1v) is 11.1. The highest BCUT2D eigenvalue weighted by Gasteiger charge is 2.13. The number of amides is 1. The van der Waals surface area contributed by atoms with Gasteiger partial charge in [-0.2, -0.15) is 9.61 Å². The average Bonchev–Trinajstić information content (AvgIpc) is 3.15. The highest BCUT2D eigenvalue weighted by Crippen LogP contribution is 2.30. The summed E-state index contributed by atoms with van der Waals surface area (Å²) in [6, 6.07) is 19.3. The Bertz CT molecular complexity index is 1200. The Hall–Kier alpha value is -2.90. The summed E-state index contributed by atoms with van der Waals surface area (Å²) >= 11 is 9.88. The third kappa shape index (κ3) is 5.24. The van der Waals surface area contributed by atoms with Gasteiger partial charge in [-0.15, -0.1) is 0 Å². The van der Waals surface area contributed by atoms with Crippen molar-refractivity contribution >= 4 is 44.9 Å². The zero-order valence-electron chi connectivity index (χ0n) is 16.7. The second-order valence-electron chi connectivity index (χ2n) is 7.03. The fourth-order valence-corrected chi connectivity index (χ4v) is 3.83. The molecular formula is C23H21BrClN5O. The van der Waals surface area contributed by atoms with Crippen LogP contribution in [0.2, 0.25) is 5.02 Å². The minimum atomic E-state index is 0.0227. The summed E-state index contributed by atoms with van der Waals surface area (Å²) in [5.74, 6) is 0.829. The molecule has 8 heteroatoms. The second kappa shape index (κ2) is 9.94. The van der Waals surface area contributed by atoms with Crippen molar-refractivity contribution in [3.05, 3.63) is 81.9 Å². The fraction of sp³-hybridized carbons (Fsp3) is 0.174. The van der Waals surface area contributed by atoms with E-state index in [9.17, 15) is 4.79 Å². The fourth-order valence-electron chi connectivity index (χ4n) is 3.25.